The highest BCUT2D eigenvalue weighted by atomic mass is 16.6. The monoisotopic (exact) mass is 329 g/mol. The zero-order chi connectivity index (χ0) is 17.5. The predicted molar refractivity (Wildman–Crippen MR) is 82.8 cm³/mol. The summed E-state index contributed by atoms with van der Waals surface area (Å²) in [4.78, 5) is 35.5. The van der Waals surface area contributed by atoms with Gasteiger partial charge in [0.05, 0.1) is 13.5 Å². The van der Waals surface area contributed by atoms with Crippen molar-refractivity contribution in [3.8, 4) is 0 Å². The normalized spacial score (nSPS) is 17.0. The molecule has 1 amide bonds. The number of ether oxygens (including phenoxy) is 3. The van der Waals surface area contributed by atoms with E-state index in [1.807, 2.05) is 0 Å². The molecule has 0 radical (unpaired) electrons. The molecule has 0 spiro atoms. The highest BCUT2D eigenvalue weighted by molar-refractivity contribution is 5.86. The third-order valence-electron chi connectivity index (χ3n) is 3.40. The predicted octanol–water partition coefficient (Wildman–Crippen LogP) is 2.32. The first-order chi connectivity index (χ1) is 10.7. The summed E-state index contributed by atoms with van der Waals surface area (Å²) in [6, 6.07) is -1.12. The summed E-state index contributed by atoms with van der Waals surface area (Å²) in [6.45, 7) is 5.12. The molecule has 23 heavy (non-hydrogen) atoms. The Labute approximate surface area is 137 Å². The molecule has 1 aliphatic rings. The van der Waals surface area contributed by atoms with Gasteiger partial charge in [-0.2, -0.15) is 0 Å². The maximum Gasteiger partial charge on any atom is 0.408 e. The lowest BCUT2D eigenvalue weighted by Crippen LogP contribution is -2.45. The fraction of sp³-hybridized carbons (Fsp3) is 0.812. The molecule has 0 aromatic carbocycles. The van der Waals surface area contributed by atoms with Gasteiger partial charge in [0, 0.05) is 0 Å². The number of nitrogens with one attached hydrogen (secondary N) is 1. The second-order valence-corrected chi connectivity index (χ2v) is 6.68. The van der Waals surface area contributed by atoms with Crippen molar-refractivity contribution in [1.82, 2.24) is 5.32 Å². The van der Waals surface area contributed by atoms with Crippen LogP contribution in [0.4, 0.5) is 4.79 Å². The van der Waals surface area contributed by atoms with E-state index in [1.54, 1.807) is 20.8 Å². The second-order valence-electron chi connectivity index (χ2n) is 6.68. The molecule has 0 aromatic heterocycles. The van der Waals surface area contributed by atoms with E-state index in [0.717, 1.165) is 32.1 Å². The standard InChI is InChI=1S/C16H27NO6/c1-16(2,3)23-15(20)17-12(14(19)21-4)10-13(18)22-11-8-6-5-7-9-11/h11-12H,5-10H2,1-4H3,(H,17,20)/t12-/m0/s1. The number of carbonyl (C=O) groups excluding carboxylic acids is 3. The Morgan fingerprint density at radius 2 is 1.74 bits per heavy atom. The quantitative estimate of drug-likeness (QED) is 0.615. The topological polar surface area (TPSA) is 90.9 Å². The van der Waals surface area contributed by atoms with Crippen LogP contribution in [0.15, 0.2) is 0 Å². The third kappa shape index (κ3) is 7.85. The Balaban J connectivity index is 2.54. The van der Waals surface area contributed by atoms with Crippen molar-refractivity contribution in [1.29, 1.82) is 0 Å². The van der Waals surface area contributed by atoms with Crippen LogP contribution < -0.4 is 5.32 Å². The van der Waals surface area contributed by atoms with E-state index in [-0.39, 0.29) is 12.5 Å². The maximum absolute atomic E-state index is 12.0. The van der Waals surface area contributed by atoms with Crippen LogP contribution in [0.1, 0.15) is 59.3 Å². The molecular weight excluding hydrogens is 302 g/mol. The molecule has 7 heteroatoms. The van der Waals surface area contributed by atoms with E-state index in [2.05, 4.69) is 10.1 Å². The molecule has 0 unspecified atom stereocenters. The molecule has 1 aliphatic carbocycles. The van der Waals surface area contributed by atoms with Crippen molar-refractivity contribution in [3.05, 3.63) is 0 Å². The smallest absolute Gasteiger partial charge is 0.408 e. The van der Waals surface area contributed by atoms with Crippen LogP contribution in [-0.2, 0) is 23.8 Å². The van der Waals surface area contributed by atoms with Crippen molar-refractivity contribution in [2.45, 2.75) is 77.0 Å². The van der Waals surface area contributed by atoms with E-state index in [1.165, 1.54) is 7.11 Å². The van der Waals surface area contributed by atoms with Gasteiger partial charge < -0.3 is 19.5 Å². The van der Waals surface area contributed by atoms with Crippen molar-refractivity contribution in [2.75, 3.05) is 7.11 Å². The fourth-order valence-corrected chi connectivity index (χ4v) is 2.37. The summed E-state index contributed by atoms with van der Waals surface area (Å²) in [5.74, 6) is -1.24. The van der Waals surface area contributed by atoms with Gasteiger partial charge in [0.1, 0.15) is 17.7 Å². The summed E-state index contributed by atoms with van der Waals surface area (Å²) in [7, 11) is 1.19. The molecule has 1 fully saturated rings. The summed E-state index contributed by atoms with van der Waals surface area (Å²) in [5.41, 5.74) is -0.701. The average Bonchev–Trinajstić information content (AvgIpc) is 2.44. The van der Waals surface area contributed by atoms with Gasteiger partial charge in [-0.1, -0.05) is 6.42 Å². The minimum absolute atomic E-state index is 0.101. The van der Waals surface area contributed by atoms with E-state index < -0.39 is 29.7 Å². The molecule has 0 aliphatic heterocycles. The van der Waals surface area contributed by atoms with E-state index in [9.17, 15) is 14.4 Å². The van der Waals surface area contributed by atoms with Crippen LogP contribution >= 0.6 is 0 Å². The number of rotatable bonds is 5. The van der Waals surface area contributed by atoms with Gasteiger partial charge in [0.2, 0.25) is 0 Å². The lowest BCUT2D eigenvalue weighted by atomic mass is 9.98. The van der Waals surface area contributed by atoms with Gasteiger partial charge in [0.15, 0.2) is 0 Å². The number of carbonyl (C=O) groups is 3. The van der Waals surface area contributed by atoms with Gasteiger partial charge in [-0.05, 0) is 46.5 Å². The molecule has 0 aromatic rings. The number of alkyl carbamates (subject to hydrolysis) is 1. The molecule has 1 saturated carbocycles. The number of esters is 2. The molecular formula is C16H27NO6. The minimum Gasteiger partial charge on any atom is -0.467 e. The van der Waals surface area contributed by atoms with Crippen molar-refractivity contribution < 1.29 is 28.6 Å². The minimum atomic E-state index is -1.12. The summed E-state index contributed by atoms with van der Waals surface area (Å²) in [5, 5.41) is 2.36. The van der Waals surface area contributed by atoms with Crippen molar-refractivity contribution in [2.24, 2.45) is 0 Å². The lowest BCUT2D eigenvalue weighted by Gasteiger charge is -2.24. The number of methoxy groups -OCH3 is 1. The van der Waals surface area contributed by atoms with Crippen molar-refractivity contribution >= 4 is 18.0 Å². The third-order valence-corrected chi connectivity index (χ3v) is 3.40. The van der Waals surface area contributed by atoms with E-state index >= 15 is 0 Å². The highest BCUT2D eigenvalue weighted by Gasteiger charge is 2.29. The van der Waals surface area contributed by atoms with Gasteiger partial charge in [0.25, 0.3) is 0 Å². The van der Waals surface area contributed by atoms with Crippen LogP contribution in [-0.4, -0.2) is 42.9 Å². The molecule has 0 saturated heterocycles. The number of amides is 1. The average molecular weight is 329 g/mol. The Hall–Kier alpha value is -1.79. The summed E-state index contributed by atoms with van der Waals surface area (Å²) < 4.78 is 15.1. The Morgan fingerprint density at radius 3 is 2.26 bits per heavy atom. The SMILES string of the molecule is COC(=O)[C@H](CC(=O)OC1CCCCC1)NC(=O)OC(C)(C)C. The maximum atomic E-state index is 12.0. The largest absolute Gasteiger partial charge is 0.467 e. The number of hydrogen-bond acceptors (Lipinski definition) is 6. The molecule has 1 rings (SSSR count). The van der Waals surface area contributed by atoms with Crippen LogP contribution in [0.25, 0.3) is 0 Å². The van der Waals surface area contributed by atoms with Gasteiger partial charge in [-0.3, -0.25) is 4.79 Å². The number of hydrogen-bond donors (Lipinski definition) is 1. The first-order valence-electron chi connectivity index (χ1n) is 7.98. The van der Waals surface area contributed by atoms with E-state index in [0.29, 0.717) is 0 Å². The van der Waals surface area contributed by atoms with E-state index in [4.69, 9.17) is 9.47 Å². The first-order valence-corrected chi connectivity index (χ1v) is 7.98. The van der Waals surface area contributed by atoms with Crippen LogP contribution in [0.3, 0.4) is 0 Å². The molecule has 0 heterocycles. The molecule has 7 nitrogen and oxygen atoms in total. The summed E-state index contributed by atoms with van der Waals surface area (Å²) >= 11 is 0. The molecule has 1 N–H and O–H groups in total. The van der Waals surface area contributed by atoms with Crippen molar-refractivity contribution in [3.63, 3.8) is 0 Å². The van der Waals surface area contributed by atoms with Gasteiger partial charge in [-0.25, -0.2) is 9.59 Å². The Bertz CT molecular complexity index is 423. The first kappa shape index (κ1) is 19.3. The zero-order valence-corrected chi connectivity index (χ0v) is 14.3. The van der Waals surface area contributed by atoms with Crippen LogP contribution in [0.2, 0.25) is 0 Å². The van der Waals surface area contributed by atoms with Crippen LogP contribution in [0, 0.1) is 0 Å². The molecule has 0 bridgehead atoms. The summed E-state index contributed by atoms with van der Waals surface area (Å²) in [6.07, 6.45) is 3.75. The highest BCUT2D eigenvalue weighted by Crippen LogP contribution is 2.21. The van der Waals surface area contributed by atoms with Gasteiger partial charge in [-0.15, -0.1) is 0 Å². The lowest BCUT2D eigenvalue weighted by molar-refractivity contribution is -0.155. The Kier molecular flexibility index (Phi) is 7.32. The molecule has 132 valence electrons. The Morgan fingerprint density at radius 1 is 1.13 bits per heavy atom. The second kappa shape index (κ2) is 8.74. The molecule has 1 atom stereocenters. The fourth-order valence-electron chi connectivity index (χ4n) is 2.37. The zero-order valence-electron chi connectivity index (χ0n) is 14.3. The van der Waals surface area contributed by atoms with Gasteiger partial charge >= 0.3 is 18.0 Å². The van der Waals surface area contributed by atoms with Crippen LogP contribution in [0.5, 0.6) is 0 Å².